The van der Waals surface area contributed by atoms with Gasteiger partial charge in [0.2, 0.25) is 5.91 Å². The summed E-state index contributed by atoms with van der Waals surface area (Å²) >= 11 is 0. The lowest BCUT2D eigenvalue weighted by molar-refractivity contribution is -0.160. The number of esters is 1. The topological polar surface area (TPSA) is 55.8 Å². The van der Waals surface area contributed by atoms with Gasteiger partial charge in [-0.15, -0.1) is 0 Å². The Morgan fingerprint density at radius 3 is 2.82 bits per heavy atom. The number of fused-ring (bicyclic) bond motifs is 1. The average Bonchev–Trinajstić information content (AvgIpc) is 2.93. The summed E-state index contributed by atoms with van der Waals surface area (Å²) in [6.07, 6.45) is 4.46. The Morgan fingerprint density at radius 2 is 2.18 bits per heavy atom. The normalized spacial score (nSPS) is 32.5. The highest BCUT2D eigenvalue weighted by Crippen LogP contribution is 2.29. The molecule has 2 heterocycles. The number of amides is 1. The molecule has 2 unspecified atom stereocenters. The largest absolute Gasteiger partial charge is 0.463 e. The Kier molecular flexibility index (Phi) is 2.78. The number of hydrogen-bond donors (Lipinski definition) is 0. The summed E-state index contributed by atoms with van der Waals surface area (Å²) in [5.41, 5.74) is 0. The van der Waals surface area contributed by atoms with Crippen molar-refractivity contribution in [3.05, 3.63) is 0 Å². The van der Waals surface area contributed by atoms with Crippen LogP contribution >= 0.6 is 0 Å². The minimum Gasteiger partial charge on any atom is -0.463 e. The Morgan fingerprint density at radius 1 is 1.41 bits per heavy atom. The molecular formula is C12H17NO4. The summed E-state index contributed by atoms with van der Waals surface area (Å²) in [6.45, 7) is 0.858. The van der Waals surface area contributed by atoms with Crippen LogP contribution in [0, 0.1) is 5.92 Å². The maximum Gasteiger partial charge on any atom is 0.309 e. The van der Waals surface area contributed by atoms with Crippen molar-refractivity contribution in [3.8, 4) is 0 Å². The second-order valence-corrected chi connectivity index (χ2v) is 5.07. The molecule has 0 aromatic carbocycles. The molecule has 5 nitrogen and oxygen atoms in total. The number of ether oxygens (including phenoxy) is 2. The van der Waals surface area contributed by atoms with E-state index in [0.717, 1.165) is 25.7 Å². The zero-order chi connectivity index (χ0) is 11.8. The monoisotopic (exact) mass is 239 g/mol. The van der Waals surface area contributed by atoms with Crippen molar-refractivity contribution < 1.29 is 19.1 Å². The second-order valence-electron chi connectivity index (χ2n) is 5.07. The van der Waals surface area contributed by atoms with Crippen LogP contribution in [0.2, 0.25) is 0 Å². The molecule has 0 aromatic rings. The Hall–Kier alpha value is -1.10. The van der Waals surface area contributed by atoms with Gasteiger partial charge in [-0.25, -0.2) is 0 Å². The average molecular weight is 239 g/mol. The lowest BCUT2D eigenvalue weighted by Crippen LogP contribution is -2.48. The van der Waals surface area contributed by atoms with Gasteiger partial charge in [-0.2, -0.15) is 0 Å². The molecule has 2 aliphatic heterocycles. The summed E-state index contributed by atoms with van der Waals surface area (Å²) in [4.78, 5) is 24.5. The molecular weight excluding hydrogens is 222 g/mol. The van der Waals surface area contributed by atoms with E-state index in [4.69, 9.17) is 9.47 Å². The number of hydrogen-bond acceptors (Lipinski definition) is 4. The van der Waals surface area contributed by atoms with E-state index in [0.29, 0.717) is 13.0 Å². The SMILES string of the molecule is O=C(OCC1CN2C(=O)CC2O1)C1CCCC1. The van der Waals surface area contributed by atoms with E-state index in [1.54, 1.807) is 4.90 Å². The van der Waals surface area contributed by atoms with E-state index >= 15 is 0 Å². The van der Waals surface area contributed by atoms with E-state index in [1.807, 2.05) is 0 Å². The van der Waals surface area contributed by atoms with Crippen molar-refractivity contribution in [2.24, 2.45) is 5.92 Å². The summed E-state index contributed by atoms with van der Waals surface area (Å²) in [5, 5.41) is 0. The molecule has 1 aliphatic carbocycles. The van der Waals surface area contributed by atoms with E-state index < -0.39 is 0 Å². The smallest absolute Gasteiger partial charge is 0.309 e. The first kappa shape index (κ1) is 11.0. The molecule has 5 heteroatoms. The fourth-order valence-corrected chi connectivity index (χ4v) is 2.80. The van der Waals surface area contributed by atoms with Crippen LogP contribution in [0.1, 0.15) is 32.1 Å². The molecule has 0 radical (unpaired) electrons. The molecule has 0 aromatic heterocycles. The van der Waals surface area contributed by atoms with Gasteiger partial charge in [0.05, 0.1) is 18.9 Å². The van der Waals surface area contributed by atoms with E-state index in [9.17, 15) is 9.59 Å². The first-order valence-corrected chi connectivity index (χ1v) is 6.35. The summed E-state index contributed by atoms with van der Waals surface area (Å²) in [6, 6.07) is 0. The van der Waals surface area contributed by atoms with Gasteiger partial charge < -0.3 is 14.4 Å². The highest BCUT2D eigenvalue weighted by molar-refractivity contribution is 5.83. The molecule has 0 bridgehead atoms. The second kappa shape index (κ2) is 4.29. The minimum atomic E-state index is -0.128. The first-order chi connectivity index (χ1) is 8.24. The van der Waals surface area contributed by atoms with Crippen LogP contribution in [0.25, 0.3) is 0 Å². The lowest BCUT2D eigenvalue weighted by atomic mass is 10.1. The number of carbonyl (C=O) groups is 2. The van der Waals surface area contributed by atoms with Crippen LogP contribution < -0.4 is 0 Å². The molecule has 2 saturated heterocycles. The number of nitrogens with zero attached hydrogens (tertiary/aromatic N) is 1. The summed E-state index contributed by atoms with van der Waals surface area (Å²) in [7, 11) is 0. The van der Waals surface area contributed by atoms with Gasteiger partial charge in [-0.05, 0) is 12.8 Å². The fourth-order valence-electron chi connectivity index (χ4n) is 2.80. The third kappa shape index (κ3) is 2.04. The van der Waals surface area contributed by atoms with Gasteiger partial charge in [0.15, 0.2) is 0 Å². The highest BCUT2D eigenvalue weighted by Gasteiger charge is 2.45. The van der Waals surface area contributed by atoms with E-state index in [1.165, 1.54) is 0 Å². The Labute approximate surface area is 100 Å². The maximum absolute atomic E-state index is 11.7. The van der Waals surface area contributed by atoms with Crippen molar-refractivity contribution >= 4 is 11.9 Å². The quantitative estimate of drug-likeness (QED) is 0.537. The predicted octanol–water partition coefficient (Wildman–Crippen LogP) is 0.677. The molecule has 1 saturated carbocycles. The zero-order valence-electron chi connectivity index (χ0n) is 9.76. The first-order valence-electron chi connectivity index (χ1n) is 6.35. The molecule has 0 spiro atoms. The third-order valence-corrected chi connectivity index (χ3v) is 3.87. The lowest BCUT2D eigenvalue weighted by Gasteiger charge is -2.31. The Balaban J connectivity index is 1.42. The molecule has 94 valence electrons. The minimum absolute atomic E-state index is 0.0577. The zero-order valence-corrected chi connectivity index (χ0v) is 9.76. The molecule has 0 N–H and O–H groups in total. The molecule has 3 rings (SSSR count). The third-order valence-electron chi connectivity index (χ3n) is 3.87. The van der Waals surface area contributed by atoms with Crippen LogP contribution in [0.5, 0.6) is 0 Å². The van der Waals surface area contributed by atoms with Crippen molar-refractivity contribution in [2.45, 2.75) is 44.4 Å². The van der Waals surface area contributed by atoms with Crippen LogP contribution in [0.15, 0.2) is 0 Å². The van der Waals surface area contributed by atoms with Crippen LogP contribution in [0.4, 0.5) is 0 Å². The van der Waals surface area contributed by atoms with Crippen LogP contribution in [-0.2, 0) is 19.1 Å². The van der Waals surface area contributed by atoms with Gasteiger partial charge in [-0.3, -0.25) is 9.59 Å². The van der Waals surface area contributed by atoms with Crippen LogP contribution in [-0.4, -0.2) is 42.3 Å². The van der Waals surface area contributed by atoms with Gasteiger partial charge >= 0.3 is 5.97 Å². The van der Waals surface area contributed by atoms with E-state index in [-0.39, 0.29) is 36.7 Å². The number of carbonyl (C=O) groups excluding carboxylic acids is 2. The number of rotatable bonds is 3. The van der Waals surface area contributed by atoms with Crippen molar-refractivity contribution in [2.75, 3.05) is 13.2 Å². The van der Waals surface area contributed by atoms with Gasteiger partial charge in [0.1, 0.15) is 18.9 Å². The van der Waals surface area contributed by atoms with Crippen molar-refractivity contribution in [3.63, 3.8) is 0 Å². The van der Waals surface area contributed by atoms with E-state index in [2.05, 4.69) is 0 Å². The maximum atomic E-state index is 11.7. The van der Waals surface area contributed by atoms with Gasteiger partial charge in [-0.1, -0.05) is 12.8 Å². The molecule has 1 amide bonds. The van der Waals surface area contributed by atoms with Crippen LogP contribution in [0.3, 0.4) is 0 Å². The molecule has 3 fully saturated rings. The van der Waals surface area contributed by atoms with Crippen molar-refractivity contribution in [1.29, 1.82) is 0 Å². The highest BCUT2D eigenvalue weighted by atomic mass is 16.6. The van der Waals surface area contributed by atoms with Crippen molar-refractivity contribution in [1.82, 2.24) is 4.90 Å². The number of β-lactam (4-membered cyclic amide) rings is 1. The predicted molar refractivity (Wildman–Crippen MR) is 57.9 cm³/mol. The van der Waals surface area contributed by atoms with Gasteiger partial charge in [0, 0.05) is 0 Å². The molecule has 17 heavy (non-hydrogen) atoms. The Bertz CT molecular complexity index is 337. The molecule has 2 atom stereocenters. The summed E-state index contributed by atoms with van der Waals surface area (Å²) < 4.78 is 10.8. The molecule has 3 aliphatic rings. The standard InChI is InChI=1S/C12H17NO4/c14-10-5-11-13(10)6-9(17-11)7-16-12(15)8-3-1-2-4-8/h8-9,11H,1-7H2. The fraction of sp³-hybridized carbons (Fsp3) is 0.833. The van der Waals surface area contributed by atoms with Gasteiger partial charge in [0.25, 0.3) is 0 Å². The summed E-state index contributed by atoms with van der Waals surface area (Å²) in [5.74, 6) is 0.140.